The maximum Gasteiger partial charge on any atom is 0.419 e. The molecule has 11 nitrogen and oxygen atoms in total. The minimum atomic E-state index is -1.14. The van der Waals surface area contributed by atoms with Crippen molar-refractivity contribution in [1.29, 1.82) is 5.26 Å². The van der Waals surface area contributed by atoms with Crippen LogP contribution in [0.1, 0.15) is 16.8 Å². The fourth-order valence-corrected chi connectivity index (χ4v) is 5.72. The Balaban J connectivity index is 1.28. The number of nitrogens with two attached hydrogens (primary N) is 1. The molecule has 1 fully saturated rings. The van der Waals surface area contributed by atoms with Gasteiger partial charge < -0.3 is 25.4 Å². The Morgan fingerprint density at radius 1 is 1.07 bits per heavy atom. The lowest BCUT2D eigenvalue weighted by Crippen LogP contribution is -2.49. The molecule has 5 rings (SSSR count). The van der Waals surface area contributed by atoms with Crippen LogP contribution in [0.4, 0.5) is 15.3 Å². The van der Waals surface area contributed by atoms with E-state index in [4.69, 9.17) is 10.8 Å². The van der Waals surface area contributed by atoms with Gasteiger partial charge in [0.25, 0.3) is 0 Å². The molecule has 12 heteroatoms. The highest BCUT2D eigenvalue weighted by molar-refractivity contribution is 14.1. The Hall–Kier alpha value is -3.67. The number of benzene rings is 2. The molecule has 2 amide bonds. The van der Waals surface area contributed by atoms with Crippen molar-refractivity contribution in [3.8, 4) is 17.3 Å². The number of hydrogen-bond acceptors (Lipinski definition) is 8. The molecule has 40 heavy (non-hydrogen) atoms. The third-order valence-electron chi connectivity index (χ3n) is 7.29. The van der Waals surface area contributed by atoms with Gasteiger partial charge >= 0.3 is 12.2 Å². The first-order chi connectivity index (χ1) is 19.3. The van der Waals surface area contributed by atoms with E-state index in [1.54, 1.807) is 0 Å². The van der Waals surface area contributed by atoms with Gasteiger partial charge in [-0.05, 0) is 46.9 Å². The number of fused-ring (bicyclic) bond motifs is 1. The maximum absolute atomic E-state index is 12.4. The summed E-state index contributed by atoms with van der Waals surface area (Å²) in [5.74, 6) is 0. The van der Waals surface area contributed by atoms with Crippen molar-refractivity contribution in [2.24, 2.45) is 5.73 Å². The van der Waals surface area contributed by atoms with Crippen molar-refractivity contribution in [2.75, 3.05) is 44.2 Å². The van der Waals surface area contributed by atoms with E-state index < -0.39 is 18.3 Å². The van der Waals surface area contributed by atoms with E-state index in [1.165, 1.54) is 4.90 Å². The standard InChI is InChI=1S/C28H30IN7O4/c29-21-7-5-19(6-8-21)26-23-18-35(28(39)40-27(31)38)10-9-25(23)36(32-26)17-22(37)16-33-11-13-34(14-12-33)24-4-2-1-3-20(24)15-30/h1-8,22,37H,9-14,16-18H2,(H2,31,38). The number of β-amino-alcohol motifs (C(OH)–C–C–N with tert-alkyl or cyclic N) is 1. The van der Waals surface area contributed by atoms with Gasteiger partial charge in [0.15, 0.2) is 0 Å². The number of carbonyl (C=O) groups is 2. The Morgan fingerprint density at radius 3 is 2.50 bits per heavy atom. The van der Waals surface area contributed by atoms with Crippen LogP contribution < -0.4 is 10.6 Å². The molecular formula is C28H30IN7O4. The molecule has 2 aliphatic rings. The zero-order valence-electron chi connectivity index (χ0n) is 21.9. The van der Waals surface area contributed by atoms with Crippen molar-refractivity contribution < 1.29 is 19.4 Å². The first-order valence-corrected chi connectivity index (χ1v) is 14.2. The normalized spacial score (nSPS) is 16.2. The van der Waals surface area contributed by atoms with Crippen LogP contribution in [0.2, 0.25) is 0 Å². The molecule has 3 N–H and O–H groups in total. The number of nitrogens with zero attached hydrogens (tertiary/aromatic N) is 6. The molecule has 1 aromatic heterocycles. The van der Waals surface area contributed by atoms with Gasteiger partial charge in [0.05, 0.1) is 36.1 Å². The molecule has 0 spiro atoms. The highest BCUT2D eigenvalue weighted by Crippen LogP contribution is 2.31. The summed E-state index contributed by atoms with van der Waals surface area (Å²) in [6.07, 6.45) is -2.06. The molecule has 0 saturated carbocycles. The van der Waals surface area contributed by atoms with E-state index in [2.05, 4.69) is 43.2 Å². The molecule has 0 aliphatic carbocycles. The monoisotopic (exact) mass is 655 g/mol. The van der Waals surface area contributed by atoms with Gasteiger partial charge in [-0.1, -0.05) is 24.3 Å². The van der Waals surface area contributed by atoms with Crippen LogP contribution in [0.3, 0.4) is 0 Å². The highest BCUT2D eigenvalue weighted by Gasteiger charge is 2.30. The predicted octanol–water partition coefficient (Wildman–Crippen LogP) is 2.78. The first-order valence-electron chi connectivity index (χ1n) is 13.1. The third kappa shape index (κ3) is 6.22. The van der Waals surface area contributed by atoms with Crippen LogP contribution in [0.5, 0.6) is 0 Å². The van der Waals surface area contributed by atoms with Gasteiger partial charge in [-0.25, -0.2) is 9.59 Å². The van der Waals surface area contributed by atoms with Crippen LogP contribution in [-0.2, 0) is 24.2 Å². The quantitative estimate of drug-likeness (QED) is 0.305. The molecular weight excluding hydrogens is 625 g/mol. The summed E-state index contributed by atoms with van der Waals surface area (Å²) >= 11 is 2.24. The molecule has 2 aliphatic heterocycles. The Bertz CT molecular complexity index is 1430. The number of halogens is 1. The molecule has 3 heterocycles. The van der Waals surface area contributed by atoms with Gasteiger partial charge in [-0.2, -0.15) is 10.4 Å². The smallest absolute Gasteiger partial charge is 0.390 e. The van der Waals surface area contributed by atoms with E-state index in [-0.39, 0.29) is 6.54 Å². The van der Waals surface area contributed by atoms with Gasteiger partial charge in [0.1, 0.15) is 6.07 Å². The van der Waals surface area contributed by atoms with Gasteiger partial charge in [-0.3, -0.25) is 9.58 Å². The molecule has 1 atom stereocenters. The summed E-state index contributed by atoms with van der Waals surface area (Å²) in [5, 5.41) is 25.4. The number of aliphatic hydroxyl groups is 1. The minimum Gasteiger partial charge on any atom is -0.390 e. The topological polar surface area (TPSA) is 141 Å². The van der Waals surface area contributed by atoms with Crippen molar-refractivity contribution >= 4 is 40.5 Å². The zero-order valence-corrected chi connectivity index (χ0v) is 24.0. The van der Waals surface area contributed by atoms with Crippen LogP contribution in [-0.4, -0.2) is 82.2 Å². The minimum absolute atomic E-state index is 0.227. The molecule has 2 aromatic carbocycles. The van der Waals surface area contributed by atoms with Crippen molar-refractivity contribution in [1.82, 2.24) is 19.6 Å². The van der Waals surface area contributed by atoms with Gasteiger partial charge in [0, 0.05) is 66.1 Å². The number of para-hydroxylation sites is 1. The lowest BCUT2D eigenvalue weighted by molar-refractivity contribution is 0.0903. The largest absolute Gasteiger partial charge is 0.419 e. The lowest BCUT2D eigenvalue weighted by atomic mass is 10.0. The third-order valence-corrected chi connectivity index (χ3v) is 8.01. The summed E-state index contributed by atoms with van der Waals surface area (Å²) in [5.41, 5.74) is 10.1. The second-order valence-electron chi connectivity index (χ2n) is 9.89. The maximum atomic E-state index is 12.4. The zero-order chi connectivity index (χ0) is 28.2. The Kier molecular flexibility index (Phi) is 8.53. The SMILES string of the molecule is N#Cc1ccccc1N1CCN(CC(O)Cn2nc(-c3ccc(I)cc3)c3c2CCN(C(=O)OC(N)=O)C3)CC1. The molecule has 1 unspecified atom stereocenters. The molecule has 208 valence electrons. The number of aromatic nitrogens is 2. The van der Waals surface area contributed by atoms with Crippen molar-refractivity contribution in [3.05, 3.63) is 68.9 Å². The number of anilines is 1. The average molecular weight is 655 g/mol. The number of nitriles is 1. The number of aliphatic hydroxyl groups excluding tert-OH is 1. The Morgan fingerprint density at radius 2 is 1.80 bits per heavy atom. The summed E-state index contributed by atoms with van der Waals surface area (Å²) in [4.78, 5) is 29.4. The second kappa shape index (κ2) is 12.2. The lowest BCUT2D eigenvalue weighted by Gasteiger charge is -2.37. The second-order valence-corrected chi connectivity index (χ2v) is 11.1. The molecule has 3 aromatic rings. The average Bonchev–Trinajstić information content (AvgIpc) is 3.30. The van der Waals surface area contributed by atoms with E-state index >= 15 is 0 Å². The predicted molar refractivity (Wildman–Crippen MR) is 156 cm³/mol. The van der Waals surface area contributed by atoms with Crippen molar-refractivity contribution in [3.63, 3.8) is 0 Å². The fourth-order valence-electron chi connectivity index (χ4n) is 5.36. The molecule has 1 saturated heterocycles. The number of piperazine rings is 1. The van der Waals surface area contributed by atoms with Crippen LogP contribution >= 0.6 is 22.6 Å². The van der Waals surface area contributed by atoms with Gasteiger partial charge in [0.2, 0.25) is 0 Å². The van der Waals surface area contributed by atoms with E-state index in [0.717, 1.165) is 58.0 Å². The van der Waals surface area contributed by atoms with E-state index in [9.17, 15) is 20.0 Å². The summed E-state index contributed by atoms with van der Waals surface area (Å²) < 4.78 is 7.54. The van der Waals surface area contributed by atoms with Crippen LogP contribution in [0, 0.1) is 14.9 Å². The van der Waals surface area contributed by atoms with Crippen LogP contribution in [0.25, 0.3) is 11.3 Å². The highest BCUT2D eigenvalue weighted by atomic mass is 127. The number of amides is 2. The van der Waals surface area contributed by atoms with Crippen LogP contribution in [0.15, 0.2) is 48.5 Å². The van der Waals surface area contributed by atoms with E-state index in [1.807, 2.05) is 53.2 Å². The first kappa shape index (κ1) is 27.9. The summed E-state index contributed by atoms with van der Waals surface area (Å²) in [6.45, 7) is 4.49. The number of primary amides is 1. The van der Waals surface area contributed by atoms with Crippen molar-refractivity contribution in [2.45, 2.75) is 25.6 Å². The summed E-state index contributed by atoms with van der Waals surface area (Å²) in [6, 6.07) is 17.8. The number of carbonyl (C=O) groups excluding carboxylic acids is 2. The molecule has 0 radical (unpaired) electrons. The number of hydrogen-bond donors (Lipinski definition) is 2. The van der Waals surface area contributed by atoms with Gasteiger partial charge in [-0.15, -0.1) is 0 Å². The fraction of sp³-hybridized carbons (Fsp3) is 0.357. The Labute approximate surface area is 245 Å². The number of ether oxygens (including phenoxy) is 1. The summed E-state index contributed by atoms with van der Waals surface area (Å²) in [7, 11) is 0. The van der Waals surface area contributed by atoms with E-state index in [0.29, 0.717) is 31.6 Å². The number of rotatable bonds is 6. The molecule has 0 bridgehead atoms.